The van der Waals surface area contributed by atoms with Crippen molar-refractivity contribution in [2.45, 2.75) is 31.2 Å². The van der Waals surface area contributed by atoms with Crippen molar-refractivity contribution in [3.8, 4) is 0 Å². The molecule has 0 saturated heterocycles. The zero-order valence-electron chi connectivity index (χ0n) is 17.7. The van der Waals surface area contributed by atoms with Crippen LogP contribution < -0.4 is 21.9 Å². The van der Waals surface area contributed by atoms with E-state index in [9.17, 15) is 18.8 Å². The Kier molecular flexibility index (Phi) is 7.88. The predicted octanol–water partition coefficient (Wildman–Crippen LogP) is 3.23. The van der Waals surface area contributed by atoms with Gasteiger partial charge in [-0.2, -0.15) is 0 Å². The van der Waals surface area contributed by atoms with Crippen LogP contribution >= 0.6 is 11.8 Å². The van der Waals surface area contributed by atoms with E-state index in [0.717, 1.165) is 5.56 Å². The zero-order valence-corrected chi connectivity index (χ0v) is 18.5. The van der Waals surface area contributed by atoms with Crippen LogP contribution in [0.15, 0.2) is 69.1 Å². The second kappa shape index (κ2) is 10.8. The average molecular weight is 457 g/mol. The lowest BCUT2D eigenvalue weighted by Crippen LogP contribution is -2.41. The van der Waals surface area contributed by atoms with E-state index in [-0.39, 0.29) is 42.7 Å². The van der Waals surface area contributed by atoms with E-state index in [1.54, 1.807) is 18.2 Å². The van der Waals surface area contributed by atoms with Gasteiger partial charge in [0.25, 0.3) is 5.56 Å². The molecule has 0 aliphatic rings. The second-order valence-corrected chi connectivity index (χ2v) is 8.28. The number of H-pyrrole nitrogens is 1. The molecule has 0 radical (unpaired) electrons. The number of aromatic amines is 1. The summed E-state index contributed by atoms with van der Waals surface area (Å²) >= 11 is 1.23. The van der Waals surface area contributed by atoms with Gasteiger partial charge in [-0.1, -0.05) is 49.4 Å². The first-order valence-electron chi connectivity index (χ1n) is 10.3. The van der Waals surface area contributed by atoms with Crippen molar-refractivity contribution in [1.29, 1.82) is 0 Å². The number of carbonyl (C=O) groups excluding carboxylic acids is 1. The molecule has 0 spiro atoms. The van der Waals surface area contributed by atoms with Crippen LogP contribution in [0.5, 0.6) is 0 Å². The maximum Gasteiger partial charge on any atom is 0.330 e. The Morgan fingerprint density at radius 3 is 2.50 bits per heavy atom. The summed E-state index contributed by atoms with van der Waals surface area (Å²) in [6.07, 6.45) is 0.665. The zero-order chi connectivity index (χ0) is 23.1. The molecule has 1 heterocycles. The first kappa shape index (κ1) is 23.3. The Labute approximate surface area is 189 Å². The summed E-state index contributed by atoms with van der Waals surface area (Å²) in [7, 11) is 0. The number of hydrogen-bond donors (Lipinski definition) is 2. The van der Waals surface area contributed by atoms with Crippen LogP contribution in [0.25, 0.3) is 0 Å². The van der Waals surface area contributed by atoms with Gasteiger partial charge in [-0.25, -0.2) is 9.18 Å². The van der Waals surface area contributed by atoms with E-state index >= 15 is 0 Å². The first-order chi connectivity index (χ1) is 15.4. The number of benzene rings is 2. The van der Waals surface area contributed by atoms with E-state index < -0.39 is 11.2 Å². The fraction of sp³-hybridized carbons (Fsp3) is 0.261. The fourth-order valence-corrected chi connectivity index (χ4v) is 4.17. The van der Waals surface area contributed by atoms with Crippen molar-refractivity contribution in [2.75, 3.05) is 22.9 Å². The summed E-state index contributed by atoms with van der Waals surface area (Å²) < 4.78 is 15.1. The van der Waals surface area contributed by atoms with Gasteiger partial charge in [-0.15, -0.1) is 11.8 Å². The van der Waals surface area contributed by atoms with Gasteiger partial charge < -0.3 is 10.6 Å². The fourth-order valence-electron chi connectivity index (χ4n) is 3.29. The summed E-state index contributed by atoms with van der Waals surface area (Å²) in [5.41, 5.74) is 5.68. The summed E-state index contributed by atoms with van der Waals surface area (Å²) in [6.45, 7) is 2.30. The molecule has 0 aliphatic carbocycles. The van der Waals surface area contributed by atoms with Crippen molar-refractivity contribution in [3.05, 3.63) is 86.8 Å². The number of rotatable bonds is 9. The molecule has 1 aromatic heterocycles. The Morgan fingerprint density at radius 2 is 1.81 bits per heavy atom. The number of halogens is 1. The topological polar surface area (TPSA) is 101 Å². The van der Waals surface area contributed by atoms with E-state index in [0.29, 0.717) is 17.1 Å². The van der Waals surface area contributed by atoms with Crippen LogP contribution in [-0.4, -0.2) is 27.8 Å². The predicted molar refractivity (Wildman–Crippen MR) is 126 cm³/mol. The number of thioether (sulfide) groups is 1. The standard InChI is InChI=1S/C23H25FN4O3S/c1-2-13-27(19(29)12-14-32-18-11-7-6-10-17(18)24)20-21(25)28(23(31)26-22(20)30)15-16-8-4-3-5-9-16/h3-11H,2,12-15,25H2,1H3,(H,26,30,31). The molecule has 3 rings (SSSR count). The number of nitrogens with zero attached hydrogens (tertiary/aromatic N) is 2. The van der Waals surface area contributed by atoms with E-state index in [1.165, 1.54) is 27.3 Å². The lowest BCUT2D eigenvalue weighted by molar-refractivity contribution is -0.118. The van der Waals surface area contributed by atoms with E-state index in [4.69, 9.17) is 5.73 Å². The lowest BCUT2D eigenvalue weighted by atomic mass is 10.2. The quantitative estimate of drug-likeness (QED) is 0.482. The molecule has 2 aromatic carbocycles. The molecule has 3 aromatic rings. The van der Waals surface area contributed by atoms with Crippen molar-refractivity contribution in [2.24, 2.45) is 0 Å². The van der Waals surface area contributed by atoms with Gasteiger partial charge in [0.2, 0.25) is 5.91 Å². The van der Waals surface area contributed by atoms with Crippen molar-refractivity contribution in [3.63, 3.8) is 0 Å². The number of carbonyl (C=O) groups is 1. The van der Waals surface area contributed by atoms with Crippen LogP contribution in [0.4, 0.5) is 15.9 Å². The molecular formula is C23H25FN4O3S. The van der Waals surface area contributed by atoms with Crippen molar-refractivity contribution in [1.82, 2.24) is 9.55 Å². The number of hydrogen-bond acceptors (Lipinski definition) is 5. The number of amides is 1. The molecule has 168 valence electrons. The Balaban J connectivity index is 1.85. The summed E-state index contributed by atoms with van der Waals surface area (Å²) in [5, 5.41) is 0. The molecule has 0 unspecified atom stereocenters. The van der Waals surface area contributed by atoms with Crippen LogP contribution in [-0.2, 0) is 11.3 Å². The summed E-state index contributed by atoms with van der Waals surface area (Å²) in [4.78, 5) is 42.1. The number of anilines is 2. The van der Waals surface area contributed by atoms with Gasteiger partial charge in [0.05, 0.1) is 6.54 Å². The van der Waals surface area contributed by atoms with Crippen LogP contribution in [0.1, 0.15) is 25.3 Å². The van der Waals surface area contributed by atoms with Crippen LogP contribution in [0, 0.1) is 5.82 Å². The largest absolute Gasteiger partial charge is 0.383 e. The Bertz CT molecular complexity index is 1190. The molecule has 3 N–H and O–H groups in total. The van der Waals surface area contributed by atoms with E-state index in [2.05, 4.69) is 4.98 Å². The minimum Gasteiger partial charge on any atom is -0.383 e. The van der Waals surface area contributed by atoms with Gasteiger partial charge in [-0.05, 0) is 24.1 Å². The van der Waals surface area contributed by atoms with Gasteiger partial charge in [0, 0.05) is 23.6 Å². The molecule has 0 bridgehead atoms. The molecule has 32 heavy (non-hydrogen) atoms. The highest BCUT2D eigenvalue weighted by Gasteiger charge is 2.23. The number of aromatic nitrogens is 2. The number of nitrogens with one attached hydrogen (secondary N) is 1. The number of nitrogens with two attached hydrogens (primary N) is 1. The Morgan fingerprint density at radius 1 is 1.12 bits per heavy atom. The smallest absolute Gasteiger partial charge is 0.330 e. The molecule has 1 amide bonds. The normalized spacial score (nSPS) is 10.8. The maximum atomic E-state index is 13.8. The highest BCUT2D eigenvalue weighted by atomic mass is 32.2. The first-order valence-corrected chi connectivity index (χ1v) is 11.2. The molecule has 0 aliphatic heterocycles. The molecular weight excluding hydrogens is 431 g/mol. The second-order valence-electron chi connectivity index (χ2n) is 7.14. The average Bonchev–Trinajstić information content (AvgIpc) is 2.78. The summed E-state index contributed by atoms with van der Waals surface area (Å²) in [5.74, 6) is -0.394. The molecule has 0 saturated carbocycles. The maximum absolute atomic E-state index is 13.8. The third-order valence-corrected chi connectivity index (χ3v) is 5.88. The van der Waals surface area contributed by atoms with Crippen LogP contribution in [0.2, 0.25) is 0 Å². The van der Waals surface area contributed by atoms with Crippen LogP contribution in [0.3, 0.4) is 0 Å². The van der Waals surface area contributed by atoms with Gasteiger partial charge in [-0.3, -0.25) is 19.1 Å². The van der Waals surface area contributed by atoms with E-state index in [1.807, 2.05) is 37.3 Å². The van der Waals surface area contributed by atoms with Gasteiger partial charge in [0.1, 0.15) is 11.6 Å². The van der Waals surface area contributed by atoms with Crippen molar-refractivity contribution >= 4 is 29.2 Å². The summed E-state index contributed by atoms with van der Waals surface area (Å²) in [6, 6.07) is 15.6. The highest BCUT2D eigenvalue weighted by molar-refractivity contribution is 7.99. The SMILES string of the molecule is CCCN(C(=O)CCSc1ccccc1F)c1c(N)n(Cc2ccccc2)c(=O)[nH]c1=O. The molecule has 0 fully saturated rings. The van der Waals surface area contributed by atoms with Crippen molar-refractivity contribution < 1.29 is 9.18 Å². The third-order valence-electron chi connectivity index (χ3n) is 4.83. The number of nitrogen functional groups attached to an aromatic ring is 1. The monoisotopic (exact) mass is 456 g/mol. The minimum absolute atomic E-state index is 0.0386. The molecule has 9 heteroatoms. The van der Waals surface area contributed by atoms with Gasteiger partial charge in [0.15, 0.2) is 5.69 Å². The lowest BCUT2D eigenvalue weighted by Gasteiger charge is -2.24. The third kappa shape index (κ3) is 5.47. The highest BCUT2D eigenvalue weighted by Crippen LogP contribution is 2.24. The molecule has 0 atom stereocenters. The van der Waals surface area contributed by atoms with Gasteiger partial charge >= 0.3 is 5.69 Å². The molecule has 7 nitrogen and oxygen atoms in total. The minimum atomic E-state index is -0.708. The Hall–Kier alpha value is -3.33.